The molecule has 3 rings (SSSR count). The van der Waals surface area contributed by atoms with E-state index in [0.29, 0.717) is 22.1 Å². The number of hydrogen-bond donors (Lipinski definition) is 0. The Labute approximate surface area is 133 Å². The lowest BCUT2D eigenvalue weighted by atomic mass is 9.96. The maximum atomic E-state index is 12.8. The molecular formula is C16H16ClNO2S. The average Bonchev–Trinajstić information content (AvgIpc) is 3.20. The zero-order valence-corrected chi connectivity index (χ0v) is 13.6. The van der Waals surface area contributed by atoms with Crippen molar-refractivity contribution >= 4 is 29.1 Å². The molecule has 21 heavy (non-hydrogen) atoms. The number of benzene rings is 1. The summed E-state index contributed by atoms with van der Waals surface area (Å²) < 4.78 is 5.27. The number of ketones is 1. The van der Waals surface area contributed by atoms with Crippen LogP contribution in [-0.4, -0.2) is 17.2 Å². The predicted octanol–water partition coefficient (Wildman–Crippen LogP) is 4.61. The topological polar surface area (TPSA) is 43.1 Å². The lowest BCUT2D eigenvalue weighted by Gasteiger charge is -2.11. The lowest BCUT2D eigenvalue weighted by molar-refractivity contribution is 0.103. The maximum absolute atomic E-state index is 12.8. The molecule has 1 aromatic heterocycles. The minimum absolute atomic E-state index is 0.0188. The first-order valence-electron chi connectivity index (χ1n) is 6.89. The third kappa shape index (κ3) is 2.74. The molecule has 2 aromatic rings. The molecule has 3 nitrogen and oxygen atoms in total. The fraction of sp³-hybridized carbons (Fsp3) is 0.375. The van der Waals surface area contributed by atoms with Crippen molar-refractivity contribution < 1.29 is 9.32 Å². The highest BCUT2D eigenvalue weighted by atomic mass is 35.5. The van der Waals surface area contributed by atoms with Gasteiger partial charge >= 0.3 is 0 Å². The van der Waals surface area contributed by atoms with E-state index in [1.165, 1.54) is 6.20 Å². The second-order valence-electron chi connectivity index (χ2n) is 5.34. The number of rotatable bonds is 5. The molecule has 1 saturated carbocycles. The van der Waals surface area contributed by atoms with Crippen molar-refractivity contribution in [1.29, 1.82) is 0 Å². The van der Waals surface area contributed by atoms with Crippen LogP contribution in [0.5, 0.6) is 0 Å². The van der Waals surface area contributed by atoms with E-state index >= 15 is 0 Å². The number of thioether (sulfide) groups is 1. The lowest BCUT2D eigenvalue weighted by Crippen LogP contribution is -2.07. The number of halogens is 1. The number of carbonyl (C=O) groups excluding carboxylic acids is 1. The fourth-order valence-electron chi connectivity index (χ4n) is 2.50. The second kappa shape index (κ2) is 5.85. The summed E-state index contributed by atoms with van der Waals surface area (Å²) >= 11 is 7.94. The normalized spacial score (nSPS) is 14.4. The fourth-order valence-corrected chi connectivity index (χ4v) is 3.51. The quantitative estimate of drug-likeness (QED) is 0.754. The van der Waals surface area contributed by atoms with Crippen LogP contribution in [0.3, 0.4) is 0 Å². The molecule has 1 fully saturated rings. The van der Waals surface area contributed by atoms with Crippen molar-refractivity contribution in [2.75, 3.05) is 6.26 Å². The van der Waals surface area contributed by atoms with Gasteiger partial charge in [0.25, 0.3) is 0 Å². The van der Waals surface area contributed by atoms with E-state index in [1.54, 1.807) is 23.9 Å². The summed E-state index contributed by atoms with van der Waals surface area (Å²) in [5, 5.41) is 4.52. The second-order valence-corrected chi connectivity index (χ2v) is 6.61. The molecule has 1 heterocycles. The Hall–Kier alpha value is -1.26. The van der Waals surface area contributed by atoms with Crippen LogP contribution in [0, 0.1) is 6.92 Å². The zero-order valence-electron chi connectivity index (χ0n) is 12.0. The van der Waals surface area contributed by atoms with Crippen LogP contribution in [0.2, 0.25) is 5.02 Å². The summed E-state index contributed by atoms with van der Waals surface area (Å²) in [7, 11) is 0. The molecule has 1 aromatic carbocycles. The Morgan fingerprint density at radius 2 is 2.19 bits per heavy atom. The number of carbonyl (C=O) groups is 1. The van der Waals surface area contributed by atoms with Crippen molar-refractivity contribution in [3.8, 4) is 0 Å². The number of hydrogen-bond acceptors (Lipinski definition) is 4. The molecule has 0 saturated heterocycles. The Morgan fingerprint density at radius 1 is 1.43 bits per heavy atom. The van der Waals surface area contributed by atoms with Crippen molar-refractivity contribution in [3.05, 3.63) is 51.4 Å². The van der Waals surface area contributed by atoms with Gasteiger partial charge in [0.2, 0.25) is 0 Å². The molecule has 0 bridgehead atoms. The Bertz CT molecular complexity index is 692. The van der Waals surface area contributed by atoms with Gasteiger partial charge in [-0.05, 0) is 49.3 Å². The molecule has 5 heteroatoms. The summed E-state index contributed by atoms with van der Waals surface area (Å²) in [6, 6.07) is 3.60. The summed E-state index contributed by atoms with van der Waals surface area (Å²) in [5.41, 5.74) is 3.26. The zero-order chi connectivity index (χ0) is 15.0. The Kier molecular flexibility index (Phi) is 4.09. The van der Waals surface area contributed by atoms with Crippen LogP contribution in [0.25, 0.3) is 0 Å². The smallest absolute Gasteiger partial charge is 0.198 e. The van der Waals surface area contributed by atoms with E-state index < -0.39 is 0 Å². The summed E-state index contributed by atoms with van der Waals surface area (Å²) in [6.45, 7) is 1.95. The third-order valence-electron chi connectivity index (χ3n) is 3.87. The highest BCUT2D eigenvalue weighted by Crippen LogP contribution is 2.42. The molecule has 110 valence electrons. The highest BCUT2D eigenvalue weighted by Gasteiger charge is 2.33. The Morgan fingerprint density at radius 3 is 2.86 bits per heavy atom. The first-order chi connectivity index (χ1) is 10.1. The van der Waals surface area contributed by atoms with E-state index in [2.05, 4.69) is 5.16 Å². The number of aromatic nitrogens is 1. The summed E-state index contributed by atoms with van der Waals surface area (Å²) in [4.78, 5) is 12.8. The van der Waals surface area contributed by atoms with Gasteiger partial charge in [0.1, 0.15) is 0 Å². The van der Waals surface area contributed by atoms with Gasteiger partial charge in [-0.15, -0.1) is 0 Å². The molecule has 0 atom stereocenters. The van der Waals surface area contributed by atoms with E-state index in [-0.39, 0.29) is 5.78 Å². The standard InChI is InChI=1S/C16H16ClNO2S/c1-9-11(5-6-14(17)13(9)8-21-2)15(19)12-7-18-20-16(12)10-3-4-10/h5-7,10H,3-4,8H2,1-2H3. The largest absolute Gasteiger partial charge is 0.360 e. The molecule has 0 amide bonds. The van der Waals surface area contributed by atoms with Gasteiger partial charge in [-0.2, -0.15) is 11.8 Å². The van der Waals surface area contributed by atoms with Gasteiger partial charge in [0.15, 0.2) is 11.5 Å². The molecule has 0 spiro atoms. The van der Waals surface area contributed by atoms with Crippen molar-refractivity contribution in [1.82, 2.24) is 5.16 Å². The van der Waals surface area contributed by atoms with Crippen LogP contribution in [0.15, 0.2) is 22.9 Å². The first-order valence-corrected chi connectivity index (χ1v) is 8.66. The van der Waals surface area contributed by atoms with Gasteiger partial charge in [-0.25, -0.2) is 0 Å². The highest BCUT2D eigenvalue weighted by molar-refractivity contribution is 7.97. The van der Waals surface area contributed by atoms with E-state index in [1.807, 2.05) is 13.2 Å². The molecular weight excluding hydrogens is 306 g/mol. The van der Waals surface area contributed by atoms with Crippen LogP contribution >= 0.6 is 23.4 Å². The van der Waals surface area contributed by atoms with Gasteiger partial charge in [0, 0.05) is 22.3 Å². The van der Waals surface area contributed by atoms with E-state index in [0.717, 1.165) is 35.5 Å². The maximum Gasteiger partial charge on any atom is 0.198 e. The van der Waals surface area contributed by atoms with Crippen LogP contribution in [-0.2, 0) is 5.75 Å². The molecule has 0 radical (unpaired) electrons. The molecule has 1 aliphatic rings. The SMILES string of the molecule is CSCc1c(Cl)ccc(C(=O)c2cnoc2C2CC2)c1C. The monoisotopic (exact) mass is 321 g/mol. The minimum Gasteiger partial charge on any atom is -0.360 e. The van der Waals surface area contributed by atoms with Gasteiger partial charge in [-0.1, -0.05) is 16.8 Å². The molecule has 0 N–H and O–H groups in total. The minimum atomic E-state index is -0.0188. The Balaban J connectivity index is 2.01. The van der Waals surface area contributed by atoms with Crippen LogP contribution in [0.1, 0.15) is 51.6 Å². The third-order valence-corrected chi connectivity index (χ3v) is 4.80. The molecule has 0 unspecified atom stereocenters. The first kappa shape index (κ1) is 14.7. The predicted molar refractivity (Wildman–Crippen MR) is 85.3 cm³/mol. The van der Waals surface area contributed by atoms with Crippen molar-refractivity contribution in [3.63, 3.8) is 0 Å². The average molecular weight is 322 g/mol. The van der Waals surface area contributed by atoms with E-state index in [4.69, 9.17) is 16.1 Å². The molecule has 1 aliphatic carbocycles. The van der Waals surface area contributed by atoms with Crippen molar-refractivity contribution in [2.24, 2.45) is 0 Å². The summed E-state index contributed by atoms with van der Waals surface area (Å²) in [6.07, 6.45) is 5.72. The van der Waals surface area contributed by atoms with Gasteiger partial charge < -0.3 is 4.52 Å². The van der Waals surface area contributed by atoms with E-state index in [9.17, 15) is 4.79 Å². The van der Waals surface area contributed by atoms with Gasteiger partial charge in [-0.3, -0.25) is 4.79 Å². The van der Waals surface area contributed by atoms with Crippen LogP contribution < -0.4 is 0 Å². The summed E-state index contributed by atoms with van der Waals surface area (Å²) in [5.74, 6) is 1.88. The molecule has 0 aliphatic heterocycles. The number of nitrogens with zero attached hydrogens (tertiary/aromatic N) is 1. The van der Waals surface area contributed by atoms with Gasteiger partial charge in [0.05, 0.1) is 11.8 Å². The van der Waals surface area contributed by atoms with Crippen LogP contribution in [0.4, 0.5) is 0 Å². The van der Waals surface area contributed by atoms with Crippen molar-refractivity contribution in [2.45, 2.75) is 31.4 Å².